The number of halogens is 2. The Labute approximate surface area is 158 Å². The third-order valence-corrected chi connectivity index (χ3v) is 3.99. The maximum atomic E-state index is 12.1. The SMILES string of the molecule is COc1ccc(NC(=S)NC(=O)c2ccc(Cl)c(Cl)c2)cc1[N+](=O)[O-]. The van der Waals surface area contributed by atoms with Gasteiger partial charge in [0.05, 0.1) is 22.1 Å². The molecule has 0 saturated carbocycles. The largest absolute Gasteiger partial charge is 0.490 e. The molecule has 0 aromatic heterocycles. The highest BCUT2D eigenvalue weighted by molar-refractivity contribution is 7.80. The number of hydrogen-bond acceptors (Lipinski definition) is 5. The third kappa shape index (κ3) is 4.79. The Morgan fingerprint density at radius 3 is 2.52 bits per heavy atom. The average Bonchev–Trinajstić information content (AvgIpc) is 2.57. The highest BCUT2D eigenvalue weighted by atomic mass is 35.5. The van der Waals surface area contributed by atoms with E-state index in [9.17, 15) is 14.9 Å². The Kier molecular flexibility index (Phi) is 6.13. The number of nitrogens with one attached hydrogen (secondary N) is 2. The van der Waals surface area contributed by atoms with E-state index in [0.717, 1.165) is 0 Å². The molecule has 0 unspecified atom stereocenters. The minimum Gasteiger partial charge on any atom is -0.490 e. The van der Waals surface area contributed by atoms with E-state index in [0.29, 0.717) is 10.7 Å². The molecule has 0 aliphatic rings. The number of thiocarbonyl (C=S) groups is 1. The van der Waals surface area contributed by atoms with Crippen LogP contribution in [0.25, 0.3) is 0 Å². The van der Waals surface area contributed by atoms with E-state index >= 15 is 0 Å². The number of rotatable bonds is 4. The van der Waals surface area contributed by atoms with E-state index in [1.165, 1.54) is 43.5 Å². The Bertz CT molecular complexity index is 861. The summed E-state index contributed by atoms with van der Waals surface area (Å²) in [4.78, 5) is 22.5. The summed E-state index contributed by atoms with van der Waals surface area (Å²) >= 11 is 16.7. The molecule has 0 saturated heterocycles. The fourth-order valence-corrected chi connectivity index (χ4v) is 2.39. The van der Waals surface area contributed by atoms with Gasteiger partial charge < -0.3 is 10.1 Å². The van der Waals surface area contributed by atoms with Crippen LogP contribution in [0.2, 0.25) is 10.0 Å². The number of carbonyl (C=O) groups excluding carboxylic acids is 1. The van der Waals surface area contributed by atoms with Crippen molar-refractivity contribution in [3.05, 3.63) is 62.1 Å². The lowest BCUT2D eigenvalue weighted by atomic mass is 10.2. The number of nitro groups is 1. The van der Waals surface area contributed by atoms with Crippen molar-refractivity contribution in [1.29, 1.82) is 0 Å². The first-order valence-electron chi connectivity index (χ1n) is 6.71. The zero-order valence-corrected chi connectivity index (χ0v) is 15.0. The van der Waals surface area contributed by atoms with Gasteiger partial charge in [0.15, 0.2) is 10.9 Å². The summed E-state index contributed by atoms with van der Waals surface area (Å²) < 4.78 is 4.91. The molecule has 130 valence electrons. The molecule has 2 aromatic carbocycles. The number of methoxy groups -OCH3 is 1. The van der Waals surface area contributed by atoms with E-state index in [1.54, 1.807) is 0 Å². The van der Waals surface area contributed by atoms with Crippen LogP contribution in [0.1, 0.15) is 10.4 Å². The van der Waals surface area contributed by atoms with E-state index in [2.05, 4.69) is 10.6 Å². The molecular weight excluding hydrogens is 389 g/mol. The molecule has 0 atom stereocenters. The number of ether oxygens (including phenoxy) is 1. The van der Waals surface area contributed by atoms with E-state index in [1.807, 2.05) is 0 Å². The highest BCUT2D eigenvalue weighted by Crippen LogP contribution is 2.29. The predicted octanol–water partition coefficient (Wildman–Crippen LogP) is 4.04. The van der Waals surface area contributed by atoms with E-state index < -0.39 is 10.8 Å². The third-order valence-electron chi connectivity index (χ3n) is 3.04. The fourth-order valence-electron chi connectivity index (χ4n) is 1.89. The smallest absolute Gasteiger partial charge is 0.312 e. The maximum absolute atomic E-state index is 12.1. The number of carbonyl (C=O) groups is 1. The number of amides is 1. The molecule has 0 spiro atoms. The molecule has 2 aromatic rings. The van der Waals surface area contributed by atoms with Crippen LogP contribution in [0, 0.1) is 10.1 Å². The summed E-state index contributed by atoms with van der Waals surface area (Å²) in [6.07, 6.45) is 0. The van der Waals surface area contributed by atoms with Crippen molar-refractivity contribution in [2.75, 3.05) is 12.4 Å². The van der Waals surface area contributed by atoms with Crippen LogP contribution in [0.3, 0.4) is 0 Å². The first-order valence-corrected chi connectivity index (χ1v) is 7.88. The van der Waals surface area contributed by atoms with E-state index in [4.69, 9.17) is 40.2 Å². The molecule has 0 aliphatic carbocycles. The van der Waals surface area contributed by atoms with Gasteiger partial charge in [-0.25, -0.2) is 0 Å². The van der Waals surface area contributed by atoms with Crippen molar-refractivity contribution in [2.45, 2.75) is 0 Å². The van der Waals surface area contributed by atoms with Gasteiger partial charge >= 0.3 is 5.69 Å². The van der Waals surface area contributed by atoms with Crippen LogP contribution in [-0.4, -0.2) is 23.1 Å². The Morgan fingerprint density at radius 1 is 1.20 bits per heavy atom. The van der Waals surface area contributed by atoms with Crippen molar-refractivity contribution in [1.82, 2.24) is 5.32 Å². The Balaban J connectivity index is 2.09. The van der Waals surface area contributed by atoms with Crippen molar-refractivity contribution in [3.63, 3.8) is 0 Å². The molecule has 0 radical (unpaired) electrons. The molecule has 10 heteroatoms. The van der Waals surface area contributed by atoms with Gasteiger partial charge in [-0.2, -0.15) is 0 Å². The summed E-state index contributed by atoms with van der Waals surface area (Å²) in [5, 5.41) is 16.7. The van der Waals surface area contributed by atoms with Gasteiger partial charge in [-0.15, -0.1) is 0 Å². The van der Waals surface area contributed by atoms with Gasteiger partial charge in [-0.05, 0) is 42.5 Å². The Hall–Kier alpha value is -2.42. The lowest BCUT2D eigenvalue weighted by molar-refractivity contribution is -0.385. The summed E-state index contributed by atoms with van der Waals surface area (Å²) in [5.41, 5.74) is 0.359. The molecule has 0 heterocycles. The lowest BCUT2D eigenvalue weighted by Crippen LogP contribution is -2.34. The van der Waals surface area contributed by atoms with Gasteiger partial charge in [0.2, 0.25) is 0 Å². The number of nitro benzene ring substituents is 1. The molecule has 2 rings (SSSR count). The Morgan fingerprint density at radius 2 is 1.92 bits per heavy atom. The first-order chi connectivity index (χ1) is 11.8. The lowest BCUT2D eigenvalue weighted by Gasteiger charge is -2.11. The summed E-state index contributed by atoms with van der Waals surface area (Å²) in [6, 6.07) is 8.58. The molecule has 0 fully saturated rings. The standard InChI is InChI=1S/C15H11Cl2N3O4S/c1-24-13-5-3-9(7-12(13)20(22)23)18-15(25)19-14(21)8-2-4-10(16)11(17)6-8/h2-7H,1H3,(H2,18,19,21,25). The van der Waals surface area contributed by atoms with Crippen LogP contribution in [0.15, 0.2) is 36.4 Å². The molecule has 0 bridgehead atoms. The normalized spacial score (nSPS) is 10.0. The minimum atomic E-state index is -0.582. The molecule has 25 heavy (non-hydrogen) atoms. The predicted molar refractivity (Wildman–Crippen MR) is 99.8 cm³/mol. The van der Waals surface area contributed by atoms with Crippen molar-refractivity contribution in [2.24, 2.45) is 0 Å². The van der Waals surface area contributed by atoms with Crippen molar-refractivity contribution < 1.29 is 14.5 Å². The van der Waals surface area contributed by atoms with Gasteiger partial charge in [0.1, 0.15) is 0 Å². The monoisotopic (exact) mass is 399 g/mol. The van der Waals surface area contributed by atoms with Crippen LogP contribution < -0.4 is 15.4 Å². The van der Waals surface area contributed by atoms with Crippen LogP contribution in [0.5, 0.6) is 5.75 Å². The first kappa shape index (κ1) is 18.9. The van der Waals surface area contributed by atoms with Gasteiger partial charge in [-0.3, -0.25) is 20.2 Å². The second kappa shape index (κ2) is 8.11. The van der Waals surface area contributed by atoms with Gasteiger partial charge in [0, 0.05) is 17.3 Å². The second-order valence-electron chi connectivity index (χ2n) is 4.68. The zero-order valence-electron chi connectivity index (χ0n) is 12.7. The average molecular weight is 400 g/mol. The van der Waals surface area contributed by atoms with Crippen LogP contribution >= 0.6 is 35.4 Å². The van der Waals surface area contributed by atoms with E-state index in [-0.39, 0.29) is 27.1 Å². The number of hydrogen-bond donors (Lipinski definition) is 2. The second-order valence-corrected chi connectivity index (χ2v) is 5.90. The molecule has 0 aliphatic heterocycles. The van der Waals surface area contributed by atoms with Crippen molar-refractivity contribution in [3.8, 4) is 5.75 Å². The number of nitrogens with zero attached hydrogens (tertiary/aromatic N) is 1. The summed E-state index contributed by atoms with van der Waals surface area (Å²) in [6.45, 7) is 0. The summed E-state index contributed by atoms with van der Waals surface area (Å²) in [5.74, 6) is -0.389. The molecule has 7 nitrogen and oxygen atoms in total. The minimum absolute atomic E-state index is 0.0319. The molecule has 1 amide bonds. The van der Waals surface area contributed by atoms with Crippen molar-refractivity contribution >= 4 is 57.8 Å². The van der Waals surface area contributed by atoms with Gasteiger partial charge in [-0.1, -0.05) is 23.2 Å². The zero-order chi connectivity index (χ0) is 18.6. The van der Waals surface area contributed by atoms with Crippen LogP contribution in [-0.2, 0) is 0 Å². The van der Waals surface area contributed by atoms with Gasteiger partial charge in [0.25, 0.3) is 5.91 Å². The topological polar surface area (TPSA) is 93.5 Å². The summed E-state index contributed by atoms with van der Waals surface area (Å²) in [7, 11) is 1.33. The molecular formula is C15H11Cl2N3O4S. The highest BCUT2D eigenvalue weighted by Gasteiger charge is 2.16. The fraction of sp³-hybridized carbons (Fsp3) is 0.0667. The molecule has 2 N–H and O–H groups in total. The maximum Gasteiger partial charge on any atom is 0.312 e. The number of anilines is 1. The number of benzene rings is 2. The quantitative estimate of drug-likeness (QED) is 0.457. The van der Waals surface area contributed by atoms with Crippen LogP contribution in [0.4, 0.5) is 11.4 Å².